The molecule has 1 aromatic rings. The molecule has 8 heteroatoms. The molecule has 6 nitrogen and oxygen atoms in total. The van der Waals surface area contributed by atoms with E-state index in [4.69, 9.17) is 26.2 Å². The van der Waals surface area contributed by atoms with Crippen molar-refractivity contribution in [2.45, 2.75) is 6.04 Å². The van der Waals surface area contributed by atoms with Crippen LogP contribution < -0.4 is 4.74 Å². The molecule has 0 radical (unpaired) electrons. The zero-order chi connectivity index (χ0) is 15.4. The maximum Gasteiger partial charge on any atom is 0.328 e. The smallest absolute Gasteiger partial charge is 0.328 e. The maximum atomic E-state index is 13.0. The second-order valence-corrected chi connectivity index (χ2v) is 4.79. The van der Waals surface area contributed by atoms with Crippen molar-refractivity contribution in [3.8, 4) is 5.75 Å². The molecule has 1 saturated heterocycles. The topological polar surface area (TPSA) is 76.1 Å². The van der Waals surface area contributed by atoms with Gasteiger partial charge in [0.1, 0.15) is 11.6 Å². The Kier molecular flexibility index (Phi) is 4.98. The van der Waals surface area contributed by atoms with Crippen molar-refractivity contribution in [3.63, 3.8) is 0 Å². The Labute approximate surface area is 125 Å². The molecule has 1 aliphatic rings. The fourth-order valence-corrected chi connectivity index (χ4v) is 2.07. The number of benzene rings is 1. The molecule has 0 bridgehead atoms. The normalized spacial score (nSPS) is 18.4. The van der Waals surface area contributed by atoms with Crippen LogP contribution in [0, 0.1) is 5.82 Å². The van der Waals surface area contributed by atoms with E-state index in [-0.39, 0.29) is 37.1 Å². The molecule has 1 heterocycles. The Morgan fingerprint density at radius 2 is 2.29 bits per heavy atom. The summed E-state index contributed by atoms with van der Waals surface area (Å²) in [4.78, 5) is 24.3. The zero-order valence-electron chi connectivity index (χ0n) is 10.9. The molecule has 1 atom stereocenters. The fourth-order valence-electron chi connectivity index (χ4n) is 1.90. The van der Waals surface area contributed by atoms with Crippen molar-refractivity contribution in [1.82, 2.24) is 4.90 Å². The second kappa shape index (κ2) is 6.73. The summed E-state index contributed by atoms with van der Waals surface area (Å²) in [6, 6.07) is 2.68. The van der Waals surface area contributed by atoms with E-state index in [1.165, 1.54) is 17.0 Å². The molecule has 1 amide bonds. The van der Waals surface area contributed by atoms with Gasteiger partial charge in [0.15, 0.2) is 12.6 Å². The van der Waals surface area contributed by atoms with Crippen LogP contribution in [0.3, 0.4) is 0 Å². The van der Waals surface area contributed by atoms with Gasteiger partial charge in [-0.05, 0) is 12.1 Å². The minimum Gasteiger partial charge on any atom is -0.484 e. The second-order valence-electron chi connectivity index (χ2n) is 4.38. The van der Waals surface area contributed by atoms with E-state index in [1.807, 2.05) is 0 Å². The summed E-state index contributed by atoms with van der Waals surface area (Å²) in [5.41, 5.74) is 0. The van der Waals surface area contributed by atoms with Crippen LogP contribution in [0.1, 0.15) is 0 Å². The number of nitrogens with zero attached hydrogens (tertiary/aromatic N) is 1. The van der Waals surface area contributed by atoms with E-state index in [0.717, 1.165) is 6.07 Å². The van der Waals surface area contributed by atoms with Gasteiger partial charge in [-0.1, -0.05) is 11.6 Å². The van der Waals surface area contributed by atoms with Crippen LogP contribution in [-0.4, -0.2) is 54.3 Å². The fraction of sp³-hybridized carbons (Fsp3) is 0.385. The summed E-state index contributed by atoms with van der Waals surface area (Å²) in [6.45, 7) is 0.0520. The molecule has 1 aliphatic heterocycles. The third-order valence-electron chi connectivity index (χ3n) is 2.99. The molecule has 114 valence electrons. The number of amides is 1. The van der Waals surface area contributed by atoms with Crippen LogP contribution in [0.15, 0.2) is 18.2 Å². The molecule has 0 aromatic heterocycles. The minimum absolute atomic E-state index is 0.0521. The summed E-state index contributed by atoms with van der Waals surface area (Å²) >= 11 is 5.60. The highest BCUT2D eigenvalue weighted by Crippen LogP contribution is 2.21. The summed E-state index contributed by atoms with van der Waals surface area (Å²) in [7, 11) is 0. The molecule has 0 unspecified atom stereocenters. The average molecular weight is 318 g/mol. The van der Waals surface area contributed by atoms with Gasteiger partial charge >= 0.3 is 5.97 Å². The van der Waals surface area contributed by atoms with Gasteiger partial charge < -0.3 is 19.5 Å². The molecule has 1 fully saturated rings. The lowest BCUT2D eigenvalue weighted by molar-refractivity contribution is -0.159. The van der Waals surface area contributed by atoms with Crippen LogP contribution in [0.4, 0.5) is 4.39 Å². The third-order valence-corrected chi connectivity index (χ3v) is 3.28. The Hall–Kier alpha value is -1.86. The molecule has 0 aliphatic carbocycles. The van der Waals surface area contributed by atoms with Gasteiger partial charge in [0.05, 0.1) is 18.2 Å². The predicted octanol–water partition coefficient (Wildman–Crippen LogP) is 1.17. The van der Waals surface area contributed by atoms with E-state index >= 15 is 0 Å². The molecule has 0 spiro atoms. The standard InChI is InChI=1S/C13H13ClFNO5/c14-9-5-8(1-2-10(9)15)21-7-12(17)16-3-4-20-6-11(16)13(18)19/h1-2,5,11H,3-4,6-7H2,(H,18,19)/t11-/m1/s1. The van der Waals surface area contributed by atoms with Crippen LogP contribution in [-0.2, 0) is 14.3 Å². The van der Waals surface area contributed by atoms with Gasteiger partial charge in [0, 0.05) is 12.6 Å². The van der Waals surface area contributed by atoms with Crippen LogP contribution in [0.2, 0.25) is 5.02 Å². The zero-order valence-corrected chi connectivity index (χ0v) is 11.7. The lowest BCUT2D eigenvalue weighted by Gasteiger charge is -2.32. The van der Waals surface area contributed by atoms with Crippen LogP contribution >= 0.6 is 11.6 Å². The first-order chi connectivity index (χ1) is 9.99. The summed E-state index contributed by atoms with van der Waals surface area (Å²) in [5.74, 6) is -1.97. The number of hydrogen-bond acceptors (Lipinski definition) is 4. The summed E-state index contributed by atoms with van der Waals surface area (Å²) in [5, 5.41) is 8.92. The lowest BCUT2D eigenvalue weighted by Crippen LogP contribution is -2.53. The Morgan fingerprint density at radius 3 is 2.95 bits per heavy atom. The quantitative estimate of drug-likeness (QED) is 0.902. The number of aliphatic carboxylic acids is 1. The molecule has 0 saturated carbocycles. The van der Waals surface area contributed by atoms with Crippen molar-refractivity contribution >= 4 is 23.5 Å². The Morgan fingerprint density at radius 1 is 1.52 bits per heavy atom. The number of morpholine rings is 1. The first-order valence-electron chi connectivity index (χ1n) is 6.17. The molecule has 2 rings (SSSR count). The number of hydrogen-bond donors (Lipinski definition) is 1. The average Bonchev–Trinajstić information content (AvgIpc) is 2.48. The van der Waals surface area contributed by atoms with Crippen molar-refractivity contribution in [2.75, 3.05) is 26.4 Å². The van der Waals surface area contributed by atoms with Crippen molar-refractivity contribution in [2.24, 2.45) is 0 Å². The Balaban J connectivity index is 1.96. The van der Waals surface area contributed by atoms with E-state index in [9.17, 15) is 14.0 Å². The summed E-state index contributed by atoms with van der Waals surface area (Å²) in [6.07, 6.45) is 0. The number of carbonyl (C=O) groups excluding carboxylic acids is 1. The van der Waals surface area contributed by atoms with Gasteiger partial charge in [-0.2, -0.15) is 0 Å². The van der Waals surface area contributed by atoms with Crippen LogP contribution in [0.25, 0.3) is 0 Å². The van der Waals surface area contributed by atoms with E-state index in [2.05, 4.69) is 0 Å². The van der Waals surface area contributed by atoms with Gasteiger partial charge in [-0.3, -0.25) is 4.79 Å². The van der Waals surface area contributed by atoms with Gasteiger partial charge in [0.25, 0.3) is 5.91 Å². The highest BCUT2D eigenvalue weighted by atomic mass is 35.5. The van der Waals surface area contributed by atoms with Gasteiger partial charge in [0.2, 0.25) is 0 Å². The van der Waals surface area contributed by atoms with Crippen LogP contribution in [0.5, 0.6) is 5.75 Å². The first kappa shape index (κ1) is 15.5. The number of carbonyl (C=O) groups is 2. The molecule has 1 N–H and O–H groups in total. The van der Waals surface area contributed by atoms with Crippen molar-refractivity contribution in [3.05, 3.63) is 29.0 Å². The lowest BCUT2D eigenvalue weighted by atomic mass is 10.2. The van der Waals surface area contributed by atoms with Crippen molar-refractivity contribution < 1.29 is 28.6 Å². The minimum atomic E-state index is -1.13. The highest BCUT2D eigenvalue weighted by molar-refractivity contribution is 6.30. The Bertz CT molecular complexity index is 553. The molecular weight excluding hydrogens is 305 g/mol. The van der Waals surface area contributed by atoms with Gasteiger partial charge in [-0.25, -0.2) is 9.18 Å². The maximum absolute atomic E-state index is 13.0. The molecule has 21 heavy (non-hydrogen) atoms. The first-order valence-corrected chi connectivity index (χ1v) is 6.54. The van der Waals surface area contributed by atoms with Crippen molar-refractivity contribution in [1.29, 1.82) is 0 Å². The largest absolute Gasteiger partial charge is 0.484 e. The van der Waals surface area contributed by atoms with E-state index < -0.39 is 23.7 Å². The number of rotatable bonds is 4. The molecule has 1 aromatic carbocycles. The van der Waals surface area contributed by atoms with E-state index in [0.29, 0.717) is 0 Å². The number of carboxylic acids is 1. The number of ether oxygens (including phenoxy) is 2. The third kappa shape index (κ3) is 3.83. The highest BCUT2D eigenvalue weighted by Gasteiger charge is 2.32. The van der Waals surface area contributed by atoms with Gasteiger partial charge in [-0.15, -0.1) is 0 Å². The monoisotopic (exact) mass is 317 g/mol. The SMILES string of the molecule is O=C(O)[C@H]1COCCN1C(=O)COc1ccc(F)c(Cl)c1. The number of carboxylic acid groups (broad SMARTS) is 1. The number of halogens is 2. The van der Waals surface area contributed by atoms with E-state index in [1.54, 1.807) is 0 Å². The predicted molar refractivity (Wildman–Crippen MR) is 70.9 cm³/mol. The molecular formula is C13H13ClFNO5. The summed E-state index contributed by atoms with van der Waals surface area (Å²) < 4.78 is 23.2.